The average Bonchev–Trinajstić information content (AvgIpc) is 3.09. The number of hydrogen-bond acceptors (Lipinski definition) is 5. The van der Waals surface area contributed by atoms with E-state index in [2.05, 4.69) is 0 Å². The molecule has 6 aromatic rings. The van der Waals surface area contributed by atoms with Crippen molar-refractivity contribution in [2.24, 2.45) is 0 Å². The van der Waals surface area contributed by atoms with Crippen LogP contribution in [0.2, 0.25) is 0 Å². The van der Waals surface area contributed by atoms with E-state index in [1.54, 1.807) is 55.6 Å². The Labute approximate surface area is 266 Å². The molecule has 5 nitrogen and oxygen atoms in total. The summed E-state index contributed by atoms with van der Waals surface area (Å²) in [4.78, 5) is 1.84. The molecule has 0 saturated heterocycles. The Bertz CT molecular complexity index is 1990. The van der Waals surface area contributed by atoms with Gasteiger partial charge in [-0.3, -0.25) is 0 Å². The lowest BCUT2D eigenvalue weighted by molar-refractivity contribution is 0.415. The Hall–Kier alpha value is -4.82. The Balaban J connectivity index is 1.11. The molecule has 7 heteroatoms. The maximum absolute atomic E-state index is 13.4. The van der Waals surface area contributed by atoms with Crippen LogP contribution in [0.5, 0.6) is 17.2 Å². The van der Waals surface area contributed by atoms with Gasteiger partial charge in [-0.2, -0.15) is 0 Å². The van der Waals surface area contributed by atoms with Gasteiger partial charge in [0.2, 0.25) is 9.84 Å². The van der Waals surface area contributed by atoms with E-state index >= 15 is 0 Å². The standard InChI is InChI=1S/C38H30O5S2/c1-27-3-19-35(20-4-27)44(39)36-21-9-30(10-22-36)31-11-23-37(24-12-31)45(40,41)38-25-17-34(18-26-38)43-33-15-7-29(8-16-33)28-5-13-32(42-2)14-6-28/h3-26H,1-2H3. The Morgan fingerprint density at radius 2 is 0.822 bits per heavy atom. The molecule has 0 spiro atoms. The van der Waals surface area contributed by atoms with E-state index in [1.807, 2.05) is 104 Å². The first kappa shape index (κ1) is 30.2. The van der Waals surface area contributed by atoms with Crippen LogP contribution in [0.25, 0.3) is 22.3 Å². The van der Waals surface area contributed by atoms with Crippen LogP contribution in [-0.2, 0) is 21.0 Å². The second kappa shape index (κ2) is 13.0. The molecule has 0 bridgehead atoms. The van der Waals surface area contributed by atoms with Gasteiger partial charge < -0.3 is 14.0 Å². The van der Waals surface area contributed by atoms with Crippen molar-refractivity contribution in [3.05, 3.63) is 151 Å². The number of rotatable bonds is 9. The monoisotopic (exact) mass is 630 g/mol. The molecule has 224 valence electrons. The largest absolute Gasteiger partial charge is 0.606 e. The number of aryl methyl sites for hydroxylation is 1. The second-order valence-electron chi connectivity index (χ2n) is 10.5. The first-order valence-electron chi connectivity index (χ1n) is 14.3. The molecular weight excluding hydrogens is 601 g/mol. The molecule has 1 unspecified atom stereocenters. The number of methoxy groups -OCH3 is 1. The zero-order valence-corrected chi connectivity index (χ0v) is 26.3. The van der Waals surface area contributed by atoms with Crippen molar-refractivity contribution in [3.63, 3.8) is 0 Å². The van der Waals surface area contributed by atoms with Gasteiger partial charge in [-0.1, -0.05) is 54.1 Å². The predicted octanol–water partition coefficient (Wildman–Crippen LogP) is 9.13. The number of sulfone groups is 1. The third-order valence-electron chi connectivity index (χ3n) is 7.45. The molecule has 0 N–H and O–H groups in total. The molecule has 1 atom stereocenters. The van der Waals surface area contributed by atoms with Gasteiger partial charge in [0.15, 0.2) is 9.79 Å². The molecule has 45 heavy (non-hydrogen) atoms. The minimum Gasteiger partial charge on any atom is -0.606 e. The van der Waals surface area contributed by atoms with Crippen molar-refractivity contribution in [2.45, 2.75) is 26.5 Å². The summed E-state index contributed by atoms with van der Waals surface area (Å²) in [6.45, 7) is 2.00. The van der Waals surface area contributed by atoms with Gasteiger partial charge in [0, 0.05) is 11.2 Å². The molecule has 0 aliphatic carbocycles. The minimum absolute atomic E-state index is 0.181. The van der Waals surface area contributed by atoms with Crippen LogP contribution in [0, 0.1) is 6.92 Å². The number of benzene rings is 6. The number of hydrogen-bond donors (Lipinski definition) is 0. The normalized spacial score (nSPS) is 12.0. The Morgan fingerprint density at radius 3 is 1.27 bits per heavy atom. The molecule has 6 rings (SSSR count). The highest BCUT2D eigenvalue weighted by atomic mass is 32.2. The zero-order valence-electron chi connectivity index (χ0n) is 24.7. The van der Waals surface area contributed by atoms with Crippen LogP contribution >= 0.6 is 0 Å². The number of ether oxygens (including phenoxy) is 2. The summed E-state index contributed by atoms with van der Waals surface area (Å²) in [5.41, 5.74) is 5.00. The molecule has 0 amide bonds. The van der Waals surface area contributed by atoms with E-state index in [1.165, 1.54) is 0 Å². The molecule has 0 heterocycles. The topological polar surface area (TPSA) is 75.7 Å². The predicted molar refractivity (Wildman–Crippen MR) is 178 cm³/mol. The van der Waals surface area contributed by atoms with Crippen molar-refractivity contribution in [1.29, 1.82) is 0 Å². The molecule has 0 radical (unpaired) electrons. The minimum atomic E-state index is -3.73. The van der Waals surface area contributed by atoms with Gasteiger partial charge in [0.1, 0.15) is 17.2 Å². The summed E-state index contributed by atoms with van der Waals surface area (Å²) in [5.74, 6) is 1.98. The van der Waals surface area contributed by atoms with Crippen molar-refractivity contribution in [1.82, 2.24) is 0 Å². The lowest BCUT2D eigenvalue weighted by atomic mass is 10.1. The van der Waals surface area contributed by atoms with Crippen LogP contribution in [0.1, 0.15) is 5.56 Å². The lowest BCUT2D eigenvalue weighted by Crippen LogP contribution is -2.02. The molecule has 6 aromatic carbocycles. The van der Waals surface area contributed by atoms with Gasteiger partial charge in [0.05, 0.1) is 16.9 Å². The molecular formula is C38H30O5S2. The summed E-state index contributed by atoms with van der Waals surface area (Å²) >= 11 is -1.27. The summed E-state index contributed by atoms with van der Waals surface area (Å²) in [6.07, 6.45) is 0. The fourth-order valence-electron chi connectivity index (χ4n) is 4.85. The molecule has 0 saturated carbocycles. The Morgan fingerprint density at radius 1 is 0.489 bits per heavy atom. The maximum atomic E-state index is 13.4. The second-order valence-corrected chi connectivity index (χ2v) is 13.9. The highest BCUT2D eigenvalue weighted by Crippen LogP contribution is 2.31. The summed E-state index contributed by atoms with van der Waals surface area (Å²) in [5, 5.41) is 0. The van der Waals surface area contributed by atoms with Crippen molar-refractivity contribution >= 4 is 21.0 Å². The lowest BCUT2D eigenvalue weighted by Gasteiger charge is -2.11. The Kier molecular flexibility index (Phi) is 8.76. The third-order valence-corrected chi connectivity index (χ3v) is 10.6. The molecule has 0 aliphatic heterocycles. The van der Waals surface area contributed by atoms with Crippen molar-refractivity contribution in [3.8, 4) is 39.5 Å². The van der Waals surface area contributed by atoms with E-state index in [0.717, 1.165) is 38.5 Å². The van der Waals surface area contributed by atoms with Crippen LogP contribution in [0.4, 0.5) is 0 Å². The molecule has 0 fully saturated rings. The van der Waals surface area contributed by atoms with E-state index in [4.69, 9.17) is 9.47 Å². The van der Waals surface area contributed by atoms with Gasteiger partial charge in [0.25, 0.3) is 0 Å². The van der Waals surface area contributed by atoms with Crippen LogP contribution < -0.4 is 9.47 Å². The molecule has 0 aromatic heterocycles. The fraction of sp³-hybridized carbons (Fsp3) is 0.0526. The van der Waals surface area contributed by atoms with Crippen LogP contribution in [0.3, 0.4) is 0 Å². The fourth-order valence-corrected chi connectivity index (χ4v) is 7.15. The first-order valence-corrected chi connectivity index (χ1v) is 16.9. The first-order chi connectivity index (χ1) is 21.8. The molecule has 0 aliphatic rings. The SMILES string of the molecule is COc1ccc(-c2ccc(Oc3ccc(S(=O)(=O)c4ccc(-c5ccc([S+]([O-])c6ccc(C)cc6)cc5)cc4)cc3)cc2)cc1. The summed E-state index contributed by atoms with van der Waals surface area (Å²) in [7, 11) is -2.08. The van der Waals surface area contributed by atoms with Gasteiger partial charge in [-0.25, -0.2) is 8.42 Å². The maximum Gasteiger partial charge on any atom is 0.206 e. The van der Waals surface area contributed by atoms with Crippen molar-refractivity contribution in [2.75, 3.05) is 7.11 Å². The summed E-state index contributed by atoms with van der Waals surface area (Å²) < 4.78 is 50.8. The van der Waals surface area contributed by atoms with Gasteiger partial charge >= 0.3 is 0 Å². The highest BCUT2D eigenvalue weighted by molar-refractivity contribution is 7.91. The van der Waals surface area contributed by atoms with Gasteiger partial charge in [-0.05, 0) is 126 Å². The van der Waals surface area contributed by atoms with Crippen molar-refractivity contribution < 1.29 is 22.4 Å². The zero-order chi connectivity index (χ0) is 31.4. The van der Waals surface area contributed by atoms with Gasteiger partial charge in [-0.15, -0.1) is 0 Å². The van der Waals surface area contributed by atoms with Crippen LogP contribution in [0.15, 0.2) is 165 Å². The van der Waals surface area contributed by atoms with Crippen LogP contribution in [-0.4, -0.2) is 20.1 Å². The van der Waals surface area contributed by atoms with E-state index in [-0.39, 0.29) is 9.79 Å². The van der Waals surface area contributed by atoms with E-state index < -0.39 is 21.0 Å². The smallest absolute Gasteiger partial charge is 0.206 e. The average molecular weight is 631 g/mol. The summed E-state index contributed by atoms with van der Waals surface area (Å²) in [6, 6.07) is 43.9. The van der Waals surface area contributed by atoms with E-state index in [0.29, 0.717) is 16.4 Å². The highest BCUT2D eigenvalue weighted by Gasteiger charge is 2.19. The van der Waals surface area contributed by atoms with E-state index in [9.17, 15) is 13.0 Å². The quantitative estimate of drug-likeness (QED) is 0.149. The third kappa shape index (κ3) is 6.81.